The summed E-state index contributed by atoms with van der Waals surface area (Å²) in [5, 5.41) is 10.7. The zero-order chi connectivity index (χ0) is 32.8. The molecule has 44 heavy (non-hydrogen) atoms. The maximum atomic E-state index is 13.2. The lowest BCUT2D eigenvalue weighted by molar-refractivity contribution is -0.156. The molecule has 0 amide bonds. The van der Waals surface area contributed by atoms with Gasteiger partial charge < -0.3 is 10.8 Å². The topological polar surface area (TPSA) is 80.4 Å². The van der Waals surface area contributed by atoms with E-state index in [-0.39, 0.29) is 11.6 Å². The molecule has 0 aliphatic rings. The van der Waals surface area contributed by atoms with Gasteiger partial charge in [0.25, 0.3) is 0 Å². The van der Waals surface area contributed by atoms with Crippen molar-refractivity contribution in [2.45, 2.75) is 239 Å². The van der Waals surface area contributed by atoms with Crippen molar-refractivity contribution in [1.82, 2.24) is 0 Å². The second-order valence-electron chi connectivity index (χ2n) is 14.5. The summed E-state index contributed by atoms with van der Waals surface area (Å²) in [5.74, 6) is -0.378. The fourth-order valence-electron chi connectivity index (χ4n) is 6.53. The van der Waals surface area contributed by atoms with Gasteiger partial charge in [0, 0.05) is 12.8 Å². The second-order valence-corrected chi connectivity index (χ2v) is 14.5. The van der Waals surface area contributed by atoms with Gasteiger partial charge in [0.1, 0.15) is 22.7 Å². The molecule has 0 aromatic rings. The molecule has 0 radical (unpaired) electrons. The van der Waals surface area contributed by atoms with E-state index in [1.807, 2.05) is 0 Å². The number of carbonyl (C=O) groups is 2. The average molecular weight is 622 g/mol. The number of Topliss-reactive ketones (excluding diaryl/α,β-unsaturated/α-hetero) is 2. The zero-order valence-corrected chi connectivity index (χ0v) is 30.5. The summed E-state index contributed by atoms with van der Waals surface area (Å²) >= 11 is 0. The van der Waals surface area contributed by atoms with Crippen LogP contribution < -0.4 is 5.73 Å². The second kappa shape index (κ2) is 29.6. The summed E-state index contributed by atoms with van der Waals surface area (Å²) < 4.78 is 0. The highest BCUT2D eigenvalue weighted by molar-refractivity contribution is 6.07. The van der Waals surface area contributed by atoms with Crippen molar-refractivity contribution in [3.63, 3.8) is 0 Å². The summed E-state index contributed by atoms with van der Waals surface area (Å²) in [6.45, 7) is 7.54. The molecule has 0 aliphatic carbocycles. The molecule has 0 saturated heterocycles. The Labute approximate surface area is 275 Å². The fourth-order valence-corrected chi connectivity index (χ4v) is 6.53. The minimum absolute atomic E-state index is 0.189. The van der Waals surface area contributed by atoms with Crippen molar-refractivity contribution < 1.29 is 14.7 Å². The first-order valence-corrected chi connectivity index (χ1v) is 19.8. The first-order valence-electron chi connectivity index (χ1n) is 19.8. The average Bonchev–Trinajstić information content (AvgIpc) is 2.99. The van der Waals surface area contributed by atoms with E-state index in [0.717, 1.165) is 38.5 Å². The molecule has 0 spiro atoms. The van der Waals surface area contributed by atoms with Gasteiger partial charge in [-0.1, -0.05) is 194 Å². The quantitative estimate of drug-likeness (QED) is 0.0419. The summed E-state index contributed by atoms with van der Waals surface area (Å²) in [5.41, 5.74) is 2.70. The van der Waals surface area contributed by atoms with Crippen LogP contribution in [0.3, 0.4) is 0 Å². The molecule has 0 rings (SSSR count). The van der Waals surface area contributed by atoms with Gasteiger partial charge >= 0.3 is 0 Å². The van der Waals surface area contributed by atoms with Crippen molar-refractivity contribution in [1.29, 1.82) is 0 Å². The van der Waals surface area contributed by atoms with Crippen molar-refractivity contribution in [3.8, 4) is 0 Å². The molecular formula is C40H79NO3. The normalized spacial score (nSPS) is 13.3. The van der Waals surface area contributed by atoms with Crippen LogP contribution in [0.4, 0.5) is 0 Å². The fraction of sp³-hybridized carbons (Fsp3) is 0.950. The van der Waals surface area contributed by atoms with Gasteiger partial charge in [-0.15, -0.1) is 0 Å². The van der Waals surface area contributed by atoms with E-state index in [1.54, 1.807) is 6.92 Å². The van der Waals surface area contributed by atoms with Crippen LogP contribution in [-0.4, -0.2) is 22.4 Å². The largest absolute Gasteiger partial charge is 0.375 e. The third-order valence-corrected chi connectivity index (χ3v) is 10.1. The summed E-state index contributed by atoms with van der Waals surface area (Å²) in [7, 11) is 0. The van der Waals surface area contributed by atoms with E-state index in [4.69, 9.17) is 5.73 Å². The summed E-state index contributed by atoms with van der Waals surface area (Å²) in [4.78, 5) is 26.4. The molecule has 0 saturated carbocycles. The van der Waals surface area contributed by atoms with Crippen LogP contribution in [0.2, 0.25) is 0 Å². The number of aliphatic hydroxyl groups is 1. The van der Waals surface area contributed by atoms with Gasteiger partial charge in [-0.05, 0) is 26.7 Å². The van der Waals surface area contributed by atoms with Gasteiger partial charge in [-0.25, -0.2) is 0 Å². The van der Waals surface area contributed by atoms with E-state index in [0.29, 0.717) is 12.8 Å². The Balaban J connectivity index is 3.93. The Hall–Kier alpha value is -0.740. The highest BCUT2D eigenvalue weighted by Crippen LogP contribution is 2.34. The lowest BCUT2D eigenvalue weighted by Crippen LogP contribution is -2.60. The SMILES string of the molecule is CCCCCCCCCCCCCCCCCC(=O)C(C)(C(=O)CCCCCCCCCCCCCCCCC)C(C)(N)O. The Kier molecular flexibility index (Phi) is 29.1. The third-order valence-electron chi connectivity index (χ3n) is 10.1. The third kappa shape index (κ3) is 22.7. The maximum Gasteiger partial charge on any atom is 0.150 e. The molecule has 262 valence electrons. The molecule has 4 heteroatoms. The lowest BCUT2D eigenvalue weighted by atomic mass is 9.70. The summed E-state index contributed by atoms with van der Waals surface area (Å²) in [6, 6.07) is 0. The molecule has 1 unspecified atom stereocenters. The van der Waals surface area contributed by atoms with Crippen molar-refractivity contribution in [3.05, 3.63) is 0 Å². The highest BCUT2D eigenvalue weighted by atomic mass is 16.3. The van der Waals surface area contributed by atoms with Crippen molar-refractivity contribution in [2.24, 2.45) is 11.1 Å². The lowest BCUT2D eigenvalue weighted by Gasteiger charge is -2.37. The number of nitrogens with two attached hydrogens (primary N) is 1. The highest BCUT2D eigenvalue weighted by Gasteiger charge is 2.51. The van der Waals surface area contributed by atoms with Crippen molar-refractivity contribution >= 4 is 11.6 Å². The Morgan fingerprint density at radius 2 is 0.591 bits per heavy atom. The van der Waals surface area contributed by atoms with E-state index >= 15 is 0 Å². The van der Waals surface area contributed by atoms with E-state index < -0.39 is 11.1 Å². The number of unbranched alkanes of at least 4 members (excludes halogenated alkanes) is 28. The molecule has 4 nitrogen and oxygen atoms in total. The van der Waals surface area contributed by atoms with E-state index in [1.165, 1.54) is 161 Å². The van der Waals surface area contributed by atoms with Crippen LogP contribution >= 0.6 is 0 Å². The molecule has 1 atom stereocenters. The molecule has 0 heterocycles. The van der Waals surface area contributed by atoms with Crippen LogP contribution in [0.25, 0.3) is 0 Å². The number of hydrogen-bond acceptors (Lipinski definition) is 4. The number of carbonyl (C=O) groups excluding carboxylic acids is 2. The van der Waals surface area contributed by atoms with E-state index in [2.05, 4.69) is 13.8 Å². The molecular weight excluding hydrogens is 542 g/mol. The van der Waals surface area contributed by atoms with E-state index in [9.17, 15) is 14.7 Å². The van der Waals surface area contributed by atoms with Crippen LogP contribution in [0, 0.1) is 5.41 Å². The zero-order valence-electron chi connectivity index (χ0n) is 30.5. The van der Waals surface area contributed by atoms with Gasteiger partial charge in [-0.2, -0.15) is 0 Å². The van der Waals surface area contributed by atoms with Crippen LogP contribution in [0.5, 0.6) is 0 Å². The minimum Gasteiger partial charge on any atom is -0.375 e. The predicted molar refractivity (Wildman–Crippen MR) is 192 cm³/mol. The molecule has 0 fully saturated rings. The molecule has 0 aromatic carbocycles. The standard InChI is InChI=1S/C40H79NO3/c1-5-7-9-11-13-15-17-19-21-23-25-27-29-31-33-35-37(42)39(3,40(4,41)44)38(43)36-34-32-30-28-26-24-22-20-18-16-14-12-10-8-6-2/h44H,5-36,41H2,1-4H3. The first-order chi connectivity index (χ1) is 21.2. The van der Waals surface area contributed by atoms with Crippen LogP contribution in [0.15, 0.2) is 0 Å². The maximum absolute atomic E-state index is 13.2. The smallest absolute Gasteiger partial charge is 0.150 e. The minimum atomic E-state index is -1.83. The van der Waals surface area contributed by atoms with Crippen LogP contribution in [-0.2, 0) is 9.59 Å². The number of ketones is 2. The Bertz CT molecular complexity index is 607. The van der Waals surface area contributed by atoms with Gasteiger partial charge in [-0.3, -0.25) is 9.59 Å². The molecule has 0 aromatic heterocycles. The number of rotatable bonds is 35. The molecule has 3 N–H and O–H groups in total. The molecule has 0 aliphatic heterocycles. The Morgan fingerprint density at radius 3 is 0.773 bits per heavy atom. The van der Waals surface area contributed by atoms with Crippen molar-refractivity contribution in [2.75, 3.05) is 0 Å². The van der Waals surface area contributed by atoms with Crippen LogP contribution in [0.1, 0.15) is 233 Å². The number of hydrogen-bond donors (Lipinski definition) is 2. The Morgan fingerprint density at radius 1 is 0.409 bits per heavy atom. The van der Waals surface area contributed by atoms with Gasteiger partial charge in [0.2, 0.25) is 0 Å². The van der Waals surface area contributed by atoms with Gasteiger partial charge in [0.15, 0.2) is 0 Å². The molecule has 0 bridgehead atoms. The summed E-state index contributed by atoms with van der Waals surface area (Å²) in [6.07, 6.45) is 38.9. The predicted octanol–water partition coefficient (Wildman–Crippen LogP) is 12.3. The monoisotopic (exact) mass is 622 g/mol. The first kappa shape index (κ1) is 43.3. The van der Waals surface area contributed by atoms with Gasteiger partial charge in [0.05, 0.1) is 0 Å².